The number of fused-ring (bicyclic) bond motifs is 1. The molecule has 0 aliphatic rings. The zero-order valence-corrected chi connectivity index (χ0v) is 10.9. The molecule has 0 bridgehead atoms. The second kappa shape index (κ2) is 4.42. The first-order chi connectivity index (χ1) is 8.31. The molecule has 0 amide bonds. The summed E-state index contributed by atoms with van der Waals surface area (Å²) >= 11 is 3.49. The summed E-state index contributed by atoms with van der Waals surface area (Å²) in [5.41, 5.74) is 3.77. The van der Waals surface area contributed by atoms with Gasteiger partial charge in [-0.1, -0.05) is 57.8 Å². The van der Waals surface area contributed by atoms with Gasteiger partial charge in [0.1, 0.15) is 0 Å². The predicted octanol–water partition coefficient (Wildman–Crippen LogP) is 2.32. The maximum atomic E-state index is 3.49. The SMILES string of the molecule is Brc1ccc2cc(Bc3ccccc3)[nH]c2c1. The fourth-order valence-electron chi connectivity index (χ4n) is 2.07. The van der Waals surface area contributed by atoms with Crippen molar-refractivity contribution in [3.8, 4) is 0 Å². The highest BCUT2D eigenvalue weighted by Gasteiger charge is 2.03. The molecular formula is C14H11BBrN. The Balaban J connectivity index is 1.96. The minimum absolute atomic E-state index is 0.952. The molecule has 0 radical (unpaired) electrons. The second-order valence-electron chi connectivity index (χ2n) is 4.19. The molecule has 0 atom stereocenters. The molecular weight excluding hydrogens is 273 g/mol. The Labute approximate surface area is 109 Å². The lowest BCUT2D eigenvalue weighted by Gasteiger charge is -1.95. The van der Waals surface area contributed by atoms with E-state index in [0.717, 1.165) is 11.8 Å². The van der Waals surface area contributed by atoms with Crippen LogP contribution in [0.4, 0.5) is 0 Å². The zero-order chi connectivity index (χ0) is 11.7. The molecule has 0 spiro atoms. The Bertz CT molecular complexity index is 646. The van der Waals surface area contributed by atoms with E-state index in [2.05, 4.69) is 69.4 Å². The first kappa shape index (κ1) is 10.7. The predicted molar refractivity (Wildman–Crippen MR) is 78.9 cm³/mol. The van der Waals surface area contributed by atoms with E-state index < -0.39 is 0 Å². The minimum Gasteiger partial charge on any atom is -0.367 e. The molecule has 0 unspecified atom stereocenters. The van der Waals surface area contributed by atoms with E-state index in [4.69, 9.17) is 0 Å². The molecule has 3 aromatic rings. The molecule has 0 saturated carbocycles. The summed E-state index contributed by atoms with van der Waals surface area (Å²) in [4.78, 5) is 3.45. The minimum atomic E-state index is 0.952. The highest BCUT2D eigenvalue weighted by Crippen LogP contribution is 2.17. The van der Waals surface area contributed by atoms with Gasteiger partial charge in [-0.25, -0.2) is 0 Å². The van der Waals surface area contributed by atoms with Crippen LogP contribution in [0.15, 0.2) is 59.1 Å². The van der Waals surface area contributed by atoms with E-state index in [-0.39, 0.29) is 0 Å². The lowest BCUT2D eigenvalue weighted by Crippen LogP contribution is -2.27. The van der Waals surface area contributed by atoms with Gasteiger partial charge >= 0.3 is 0 Å². The van der Waals surface area contributed by atoms with Crippen molar-refractivity contribution in [2.24, 2.45) is 0 Å². The second-order valence-corrected chi connectivity index (χ2v) is 5.10. The third-order valence-corrected chi connectivity index (χ3v) is 3.37. The van der Waals surface area contributed by atoms with Crippen molar-refractivity contribution >= 4 is 45.2 Å². The van der Waals surface area contributed by atoms with Crippen LogP contribution < -0.4 is 11.1 Å². The van der Waals surface area contributed by atoms with Crippen LogP contribution >= 0.6 is 15.9 Å². The summed E-state index contributed by atoms with van der Waals surface area (Å²) in [5.74, 6) is 0. The third kappa shape index (κ3) is 2.29. The number of H-pyrrole nitrogens is 1. The summed E-state index contributed by atoms with van der Waals surface area (Å²) in [6, 6.07) is 19.0. The Morgan fingerprint density at radius 3 is 2.59 bits per heavy atom. The summed E-state index contributed by atoms with van der Waals surface area (Å²) < 4.78 is 1.11. The van der Waals surface area contributed by atoms with E-state index in [9.17, 15) is 0 Å². The molecule has 1 N–H and O–H groups in total. The molecule has 1 aromatic heterocycles. The van der Waals surface area contributed by atoms with Gasteiger partial charge in [-0.2, -0.15) is 0 Å². The molecule has 0 aliphatic heterocycles. The molecule has 0 aliphatic carbocycles. The third-order valence-electron chi connectivity index (χ3n) is 2.88. The molecule has 3 heteroatoms. The maximum Gasteiger partial charge on any atom is 0.213 e. The molecule has 0 fully saturated rings. The van der Waals surface area contributed by atoms with Gasteiger partial charge in [-0.15, -0.1) is 0 Å². The van der Waals surface area contributed by atoms with Gasteiger partial charge in [0.15, 0.2) is 0 Å². The fourth-order valence-corrected chi connectivity index (χ4v) is 2.43. The normalized spacial score (nSPS) is 10.6. The van der Waals surface area contributed by atoms with Gasteiger partial charge in [0.25, 0.3) is 0 Å². The average Bonchev–Trinajstić information content (AvgIpc) is 2.71. The topological polar surface area (TPSA) is 15.8 Å². The Hall–Kier alpha value is -1.48. The smallest absolute Gasteiger partial charge is 0.213 e. The summed E-state index contributed by atoms with van der Waals surface area (Å²) in [6.45, 7) is 0. The number of hydrogen-bond acceptors (Lipinski definition) is 0. The van der Waals surface area contributed by atoms with Gasteiger partial charge in [0.05, 0.1) is 0 Å². The molecule has 1 nitrogen and oxygen atoms in total. The Morgan fingerprint density at radius 1 is 0.941 bits per heavy atom. The van der Waals surface area contributed by atoms with Crippen LogP contribution in [0, 0.1) is 0 Å². The van der Waals surface area contributed by atoms with Crippen molar-refractivity contribution in [3.05, 3.63) is 59.1 Å². The highest BCUT2D eigenvalue weighted by molar-refractivity contribution is 9.10. The first-order valence-corrected chi connectivity index (χ1v) is 6.42. The average molecular weight is 284 g/mol. The molecule has 82 valence electrons. The quantitative estimate of drug-likeness (QED) is 0.695. The Morgan fingerprint density at radius 2 is 1.76 bits per heavy atom. The largest absolute Gasteiger partial charge is 0.367 e. The first-order valence-electron chi connectivity index (χ1n) is 5.62. The number of nitrogens with one attached hydrogen (secondary N) is 1. The van der Waals surface area contributed by atoms with Crippen LogP contribution in [0.2, 0.25) is 0 Å². The van der Waals surface area contributed by atoms with Crippen molar-refractivity contribution in [2.75, 3.05) is 0 Å². The number of benzene rings is 2. The number of aromatic nitrogens is 1. The van der Waals surface area contributed by atoms with E-state index in [1.54, 1.807) is 0 Å². The van der Waals surface area contributed by atoms with Gasteiger partial charge in [-0.3, -0.25) is 0 Å². The number of halogens is 1. The highest BCUT2D eigenvalue weighted by atomic mass is 79.9. The van der Waals surface area contributed by atoms with Crippen LogP contribution in [0.1, 0.15) is 0 Å². The van der Waals surface area contributed by atoms with Gasteiger partial charge in [0.2, 0.25) is 7.28 Å². The monoisotopic (exact) mass is 283 g/mol. The number of rotatable bonds is 2. The lowest BCUT2D eigenvalue weighted by molar-refractivity contribution is 1.53. The van der Waals surface area contributed by atoms with Crippen LogP contribution in [0.25, 0.3) is 10.9 Å². The standard InChI is InChI=1S/C14H11BBrN/c16-12-7-6-10-8-14(17-13(10)9-12)15-11-4-2-1-3-5-11/h1-9,15,17H. The van der Waals surface area contributed by atoms with E-state index >= 15 is 0 Å². The van der Waals surface area contributed by atoms with Crippen molar-refractivity contribution in [3.63, 3.8) is 0 Å². The van der Waals surface area contributed by atoms with Gasteiger partial charge < -0.3 is 4.98 Å². The van der Waals surface area contributed by atoms with Crippen LogP contribution in [0.5, 0.6) is 0 Å². The van der Waals surface area contributed by atoms with Crippen molar-refractivity contribution in [2.45, 2.75) is 0 Å². The molecule has 1 heterocycles. The lowest BCUT2D eigenvalue weighted by atomic mass is 9.67. The molecule has 3 rings (SSSR count). The number of hydrogen-bond donors (Lipinski definition) is 1. The van der Waals surface area contributed by atoms with Crippen molar-refractivity contribution < 1.29 is 0 Å². The molecule has 0 saturated heterocycles. The maximum absolute atomic E-state index is 3.49. The number of aromatic amines is 1. The van der Waals surface area contributed by atoms with Crippen LogP contribution in [-0.2, 0) is 0 Å². The van der Waals surface area contributed by atoms with E-state index in [1.807, 2.05) is 6.07 Å². The van der Waals surface area contributed by atoms with Gasteiger partial charge in [0, 0.05) is 9.99 Å². The van der Waals surface area contributed by atoms with Crippen LogP contribution in [-0.4, -0.2) is 12.3 Å². The summed E-state index contributed by atoms with van der Waals surface area (Å²) in [6.07, 6.45) is 0. The molecule has 17 heavy (non-hydrogen) atoms. The van der Waals surface area contributed by atoms with Crippen molar-refractivity contribution in [1.29, 1.82) is 0 Å². The fraction of sp³-hybridized carbons (Fsp3) is 0. The molecule has 2 aromatic carbocycles. The summed E-state index contributed by atoms with van der Waals surface area (Å²) in [7, 11) is 0.952. The van der Waals surface area contributed by atoms with E-state index in [0.29, 0.717) is 0 Å². The van der Waals surface area contributed by atoms with Gasteiger partial charge in [-0.05, 0) is 29.2 Å². The van der Waals surface area contributed by atoms with Crippen molar-refractivity contribution in [1.82, 2.24) is 4.98 Å². The Kier molecular flexibility index (Phi) is 2.77. The van der Waals surface area contributed by atoms with Crippen LogP contribution in [0.3, 0.4) is 0 Å². The zero-order valence-electron chi connectivity index (χ0n) is 9.28. The summed E-state index contributed by atoms with van der Waals surface area (Å²) in [5, 5.41) is 1.26. The van der Waals surface area contributed by atoms with E-state index in [1.165, 1.54) is 22.0 Å².